The maximum atomic E-state index is 12.0. The van der Waals surface area contributed by atoms with Crippen LogP contribution in [0, 0.1) is 10.1 Å². The number of amides is 1. The SMILES string of the molecule is O=C(COC(=O)c1ccc(Oc2ccccc2)cc1)Nc1ncc([N+](=O)[O-])s1. The molecule has 1 aromatic heterocycles. The molecule has 0 saturated heterocycles. The summed E-state index contributed by atoms with van der Waals surface area (Å²) in [5.41, 5.74) is 0.248. The molecule has 1 N–H and O–H groups in total. The van der Waals surface area contributed by atoms with E-state index in [-0.39, 0.29) is 15.7 Å². The Hall–Kier alpha value is -3.79. The molecule has 10 heteroatoms. The number of esters is 1. The Morgan fingerprint density at radius 1 is 1.07 bits per heavy atom. The Bertz CT molecular complexity index is 988. The Labute approximate surface area is 162 Å². The molecule has 0 unspecified atom stereocenters. The summed E-state index contributed by atoms with van der Waals surface area (Å²) in [7, 11) is 0. The smallest absolute Gasteiger partial charge is 0.345 e. The van der Waals surface area contributed by atoms with Crippen molar-refractivity contribution >= 4 is 33.3 Å². The van der Waals surface area contributed by atoms with Gasteiger partial charge in [-0.05, 0) is 47.7 Å². The lowest BCUT2D eigenvalue weighted by Gasteiger charge is -2.07. The minimum atomic E-state index is -0.688. The van der Waals surface area contributed by atoms with Crippen LogP contribution < -0.4 is 10.1 Å². The fraction of sp³-hybridized carbons (Fsp3) is 0.0556. The number of carbonyl (C=O) groups is 2. The molecule has 2 aromatic carbocycles. The van der Waals surface area contributed by atoms with Crippen LogP contribution in [0.15, 0.2) is 60.8 Å². The first kappa shape index (κ1) is 19.0. The van der Waals surface area contributed by atoms with E-state index < -0.39 is 23.4 Å². The van der Waals surface area contributed by atoms with Crippen LogP contribution >= 0.6 is 11.3 Å². The first-order valence-electron chi connectivity index (χ1n) is 7.91. The van der Waals surface area contributed by atoms with Gasteiger partial charge in [0.1, 0.15) is 17.7 Å². The molecule has 3 rings (SSSR count). The van der Waals surface area contributed by atoms with Crippen molar-refractivity contribution in [2.75, 3.05) is 11.9 Å². The quantitative estimate of drug-likeness (QED) is 0.366. The van der Waals surface area contributed by atoms with E-state index in [0.29, 0.717) is 22.8 Å². The Morgan fingerprint density at radius 3 is 2.39 bits per heavy atom. The van der Waals surface area contributed by atoms with Crippen molar-refractivity contribution in [1.29, 1.82) is 0 Å². The molecule has 28 heavy (non-hydrogen) atoms. The number of nitrogens with zero attached hydrogens (tertiary/aromatic N) is 2. The van der Waals surface area contributed by atoms with E-state index in [1.54, 1.807) is 24.3 Å². The molecule has 0 aliphatic heterocycles. The first-order valence-corrected chi connectivity index (χ1v) is 8.73. The Balaban J connectivity index is 1.50. The lowest BCUT2D eigenvalue weighted by Crippen LogP contribution is -2.20. The highest BCUT2D eigenvalue weighted by Gasteiger charge is 2.15. The minimum Gasteiger partial charge on any atom is -0.457 e. The number of nitro groups is 1. The third-order valence-electron chi connectivity index (χ3n) is 3.32. The minimum absolute atomic E-state index is 0.0511. The van der Waals surface area contributed by atoms with Gasteiger partial charge in [-0.1, -0.05) is 18.2 Å². The van der Waals surface area contributed by atoms with E-state index in [9.17, 15) is 19.7 Å². The van der Waals surface area contributed by atoms with Crippen LogP contribution in [-0.4, -0.2) is 28.4 Å². The van der Waals surface area contributed by atoms with Gasteiger partial charge in [0.2, 0.25) is 0 Å². The monoisotopic (exact) mass is 399 g/mol. The van der Waals surface area contributed by atoms with Gasteiger partial charge in [-0.3, -0.25) is 20.2 Å². The van der Waals surface area contributed by atoms with Crippen molar-refractivity contribution in [1.82, 2.24) is 4.98 Å². The number of hydrogen-bond acceptors (Lipinski definition) is 8. The number of hydrogen-bond donors (Lipinski definition) is 1. The van der Waals surface area contributed by atoms with Gasteiger partial charge in [0.05, 0.1) is 10.5 Å². The van der Waals surface area contributed by atoms with Crippen LogP contribution in [0.5, 0.6) is 11.5 Å². The second-order valence-corrected chi connectivity index (χ2v) is 6.33. The largest absolute Gasteiger partial charge is 0.457 e. The lowest BCUT2D eigenvalue weighted by atomic mass is 10.2. The van der Waals surface area contributed by atoms with Gasteiger partial charge >= 0.3 is 11.0 Å². The van der Waals surface area contributed by atoms with E-state index >= 15 is 0 Å². The van der Waals surface area contributed by atoms with Crippen molar-refractivity contribution < 1.29 is 24.0 Å². The highest BCUT2D eigenvalue weighted by atomic mass is 32.1. The van der Waals surface area contributed by atoms with E-state index in [1.165, 1.54) is 12.1 Å². The number of rotatable bonds is 7. The van der Waals surface area contributed by atoms with Crippen LogP contribution in [0.1, 0.15) is 10.4 Å². The van der Waals surface area contributed by atoms with Crippen LogP contribution in [0.25, 0.3) is 0 Å². The average molecular weight is 399 g/mol. The normalized spacial score (nSPS) is 10.1. The second-order valence-electron chi connectivity index (χ2n) is 5.32. The maximum Gasteiger partial charge on any atom is 0.345 e. The van der Waals surface area contributed by atoms with Crippen molar-refractivity contribution in [3.63, 3.8) is 0 Å². The molecule has 0 spiro atoms. The van der Waals surface area contributed by atoms with Crippen molar-refractivity contribution in [3.8, 4) is 11.5 Å². The van der Waals surface area contributed by atoms with Gasteiger partial charge in [0.25, 0.3) is 5.91 Å². The summed E-state index contributed by atoms with van der Waals surface area (Å²) in [5.74, 6) is -0.129. The van der Waals surface area contributed by atoms with E-state index in [1.807, 2.05) is 18.2 Å². The molecule has 3 aromatic rings. The van der Waals surface area contributed by atoms with E-state index in [4.69, 9.17) is 9.47 Å². The summed E-state index contributed by atoms with van der Waals surface area (Å²) in [4.78, 5) is 37.5. The number of anilines is 1. The van der Waals surface area contributed by atoms with Gasteiger partial charge in [-0.15, -0.1) is 0 Å². The van der Waals surface area contributed by atoms with E-state index in [2.05, 4.69) is 10.3 Å². The number of para-hydroxylation sites is 1. The number of thiazole rings is 1. The third-order valence-corrected chi connectivity index (χ3v) is 4.19. The zero-order chi connectivity index (χ0) is 19.9. The summed E-state index contributed by atoms with van der Waals surface area (Å²) in [6, 6.07) is 15.4. The summed E-state index contributed by atoms with van der Waals surface area (Å²) in [5, 5.41) is 12.8. The molecular weight excluding hydrogens is 386 g/mol. The first-order chi connectivity index (χ1) is 13.5. The predicted molar refractivity (Wildman–Crippen MR) is 101 cm³/mol. The van der Waals surface area contributed by atoms with Crippen LogP contribution in [0.4, 0.5) is 10.1 Å². The lowest BCUT2D eigenvalue weighted by molar-refractivity contribution is -0.380. The van der Waals surface area contributed by atoms with Crippen LogP contribution in [0.3, 0.4) is 0 Å². The molecule has 0 fully saturated rings. The number of aromatic nitrogens is 1. The molecule has 0 aliphatic rings. The maximum absolute atomic E-state index is 12.0. The summed E-state index contributed by atoms with van der Waals surface area (Å²) in [6.45, 7) is -0.547. The van der Waals surface area contributed by atoms with Gasteiger partial charge in [0, 0.05) is 0 Å². The summed E-state index contributed by atoms with van der Waals surface area (Å²) >= 11 is 0.706. The Morgan fingerprint density at radius 2 is 1.75 bits per heavy atom. The second kappa shape index (κ2) is 8.73. The van der Waals surface area contributed by atoms with E-state index in [0.717, 1.165) is 6.20 Å². The number of carbonyl (C=O) groups excluding carboxylic acids is 2. The van der Waals surface area contributed by atoms with Crippen molar-refractivity contribution in [2.24, 2.45) is 0 Å². The molecule has 0 saturated carbocycles. The van der Waals surface area contributed by atoms with Gasteiger partial charge in [-0.2, -0.15) is 0 Å². The zero-order valence-corrected chi connectivity index (χ0v) is 15.0. The van der Waals surface area contributed by atoms with Gasteiger partial charge in [-0.25, -0.2) is 9.78 Å². The molecular formula is C18H13N3O6S. The molecule has 0 aliphatic carbocycles. The highest BCUT2D eigenvalue weighted by Crippen LogP contribution is 2.25. The van der Waals surface area contributed by atoms with Crippen LogP contribution in [-0.2, 0) is 9.53 Å². The fourth-order valence-electron chi connectivity index (χ4n) is 2.06. The molecule has 0 radical (unpaired) electrons. The predicted octanol–water partition coefficient (Wildman–Crippen LogP) is 3.64. The molecule has 1 amide bonds. The zero-order valence-electron chi connectivity index (χ0n) is 14.2. The number of nitrogens with one attached hydrogen (secondary N) is 1. The standard InChI is InChI=1S/C18H13N3O6S/c22-15(20-18-19-10-16(28-18)21(24)25)11-26-17(23)12-6-8-14(9-7-12)27-13-4-2-1-3-5-13/h1-10H,11H2,(H,19,20,22). The number of ether oxygens (including phenoxy) is 2. The average Bonchev–Trinajstić information content (AvgIpc) is 3.16. The fourth-order valence-corrected chi connectivity index (χ4v) is 2.71. The van der Waals surface area contributed by atoms with Gasteiger partial charge < -0.3 is 9.47 Å². The molecule has 9 nitrogen and oxygen atoms in total. The molecule has 142 valence electrons. The van der Waals surface area contributed by atoms with Crippen molar-refractivity contribution in [2.45, 2.75) is 0 Å². The van der Waals surface area contributed by atoms with Gasteiger partial charge in [0.15, 0.2) is 11.7 Å². The van der Waals surface area contributed by atoms with Crippen LogP contribution in [0.2, 0.25) is 0 Å². The summed E-state index contributed by atoms with van der Waals surface area (Å²) in [6.07, 6.45) is 1.03. The molecule has 0 atom stereocenters. The van der Waals surface area contributed by atoms with Crippen molar-refractivity contribution in [3.05, 3.63) is 76.5 Å². The number of benzene rings is 2. The molecule has 1 heterocycles. The Kier molecular flexibility index (Phi) is 5.92. The highest BCUT2D eigenvalue weighted by molar-refractivity contribution is 7.18. The topological polar surface area (TPSA) is 121 Å². The summed E-state index contributed by atoms with van der Waals surface area (Å²) < 4.78 is 10.6. The third kappa shape index (κ3) is 5.11. The molecule has 0 bridgehead atoms.